The average molecular weight is 264 g/mol. The Bertz CT molecular complexity index is 360. The molecule has 0 aliphatic carbocycles. The second-order valence-electron chi connectivity index (χ2n) is 5.35. The van der Waals surface area contributed by atoms with E-state index in [9.17, 15) is 0 Å². The molecule has 106 valence electrons. The molecule has 2 heterocycles. The van der Waals surface area contributed by atoms with Crippen LogP contribution in [0.2, 0.25) is 0 Å². The maximum Gasteiger partial charge on any atom is 0.225 e. The van der Waals surface area contributed by atoms with Gasteiger partial charge in [-0.25, -0.2) is 9.97 Å². The number of anilines is 1. The molecule has 19 heavy (non-hydrogen) atoms. The molecule has 0 atom stereocenters. The molecule has 0 amide bonds. The van der Waals surface area contributed by atoms with Crippen molar-refractivity contribution in [3.8, 4) is 0 Å². The number of ether oxygens (including phenoxy) is 1. The first-order valence-electron chi connectivity index (χ1n) is 7.10. The molecule has 1 aromatic heterocycles. The van der Waals surface area contributed by atoms with Crippen LogP contribution in [-0.2, 0) is 11.3 Å². The number of morpholine rings is 1. The van der Waals surface area contributed by atoms with E-state index in [1.54, 1.807) is 0 Å². The normalized spacial score (nSPS) is 16.1. The highest BCUT2D eigenvalue weighted by atomic mass is 16.5. The molecule has 1 saturated heterocycles. The summed E-state index contributed by atoms with van der Waals surface area (Å²) >= 11 is 0. The molecule has 0 aromatic carbocycles. The number of rotatable bonds is 6. The molecule has 2 rings (SSSR count). The van der Waals surface area contributed by atoms with Crippen LogP contribution in [0.5, 0.6) is 0 Å². The summed E-state index contributed by atoms with van der Waals surface area (Å²) in [7, 11) is 0. The van der Waals surface area contributed by atoms with Gasteiger partial charge in [-0.3, -0.25) is 0 Å². The third kappa shape index (κ3) is 4.76. The van der Waals surface area contributed by atoms with Gasteiger partial charge in [0.05, 0.1) is 13.2 Å². The Morgan fingerprint density at radius 1 is 1.26 bits per heavy atom. The van der Waals surface area contributed by atoms with Crippen molar-refractivity contribution in [1.29, 1.82) is 0 Å². The summed E-state index contributed by atoms with van der Waals surface area (Å²) in [5.74, 6) is 1.56. The quantitative estimate of drug-likeness (QED) is 0.788. The van der Waals surface area contributed by atoms with Crippen LogP contribution in [-0.4, -0.2) is 42.8 Å². The van der Waals surface area contributed by atoms with Crippen molar-refractivity contribution in [3.05, 3.63) is 18.0 Å². The highest BCUT2D eigenvalue weighted by Crippen LogP contribution is 2.09. The lowest BCUT2D eigenvalue weighted by atomic mass is 10.1. The fraction of sp³-hybridized carbons (Fsp3) is 0.714. The fourth-order valence-electron chi connectivity index (χ4n) is 1.99. The van der Waals surface area contributed by atoms with Crippen LogP contribution in [0.15, 0.2) is 12.4 Å². The van der Waals surface area contributed by atoms with Gasteiger partial charge in [-0.1, -0.05) is 13.8 Å². The largest absolute Gasteiger partial charge is 0.378 e. The summed E-state index contributed by atoms with van der Waals surface area (Å²) in [6.45, 7) is 9.66. The molecular formula is C14H24N4O. The number of hydrogen-bond acceptors (Lipinski definition) is 5. The van der Waals surface area contributed by atoms with E-state index in [4.69, 9.17) is 4.74 Å². The van der Waals surface area contributed by atoms with Crippen LogP contribution < -0.4 is 10.2 Å². The van der Waals surface area contributed by atoms with Gasteiger partial charge in [0.25, 0.3) is 0 Å². The molecule has 0 saturated carbocycles. The number of nitrogens with zero attached hydrogens (tertiary/aromatic N) is 3. The van der Waals surface area contributed by atoms with Gasteiger partial charge < -0.3 is 15.0 Å². The lowest BCUT2D eigenvalue weighted by molar-refractivity contribution is 0.122. The predicted octanol–water partition coefficient (Wildman–Crippen LogP) is 1.45. The van der Waals surface area contributed by atoms with Crippen LogP contribution in [0, 0.1) is 5.92 Å². The maximum absolute atomic E-state index is 5.32. The molecule has 1 aliphatic rings. The molecule has 5 heteroatoms. The first kappa shape index (κ1) is 14.2. The van der Waals surface area contributed by atoms with Gasteiger partial charge in [-0.15, -0.1) is 0 Å². The minimum Gasteiger partial charge on any atom is -0.378 e. The highest BCUT2D eigenvalue weighted by Gasteiger charge is 2.13. The zero-order valence-electron chi connectivity index (χ0n) is 11.9. The standard InChI is InChI=1S/C14H24N4O/c1-12(2)3-4-15-9-13-10-16-14(17-11-13)18-5-7-19-8-6-18/h10-12,15H,3-9H2,1-2H3. The van der Waals surface area contributed by atoms with E-state index in [0.717, 1.165) is 56.8 Å². The molecule has 0 radical (unpaired) electrons. The van der Waals surface area contributed by atoms with Crippen LogP contribution >= 0.6 is 0 Å². The van der Waals surface area contributed by atoms with Gasteiger partial charge in [-0.2, -0.15) is 0 Å². The van der Waals surface area contributed by atoms with E-state index in [2.05, 4.69) is 34.0 Å². The van der Waals surface area contributed by atoms with Crippen LogP contribution in [0.1, 0.15) is 25.8 Å². The fourth-order valence-corrected chi connectivity index (χ4v) is 1.99. The third-order valence-electron chi connectivity index (χ3n) is 3.21. The third-order valence-corrected chi connectivity index (χ3v) is 3.21. The van der Waals surface area contributed by atoms with E-state index in [1.165, 1.54) is 6.42 Å². The minimum atomic E-state index is 0.743. The van der Waals surface area contributed by atoms with Gasteiger partial charge in [0.15, 0.2) is 0 Å². The zero-order chi connectivity index (χ0) is 13.5. The molecule has 0 bridgehead atoms. The van der Waals surface area contributed by atoms with Gasteiger partial charge in [-0.05, 0) is 18.9 Å². The Balaban J connectivity index is 1.77. The van der Waals surface area contributed by atoms with E-state index >= 15 is 0 Å². The number of aromatic nitrogens is 2. The average Bonchev–Trinajstić information content (AvgIpc) is 2.45. The topological polar surface area (TPSA) is 50.3 Å². The lowest BCUT2D eigenvalue weighted by Crippen LogP contribution is -2.37. The Labute approximate surface area is 115 Å². The van der Waals surface area contributed by atoms with E-state index < -0.39 is 0 Å². The van der Waals surface area contributed by atoms with Crippen molar-refractivity contribution in [1.82, 2.24) is 15.3 Å². The Hall–Kier alpha value is -1.20. The van der Waals surface area contributed by atoms with Crippen LogP contribution in [0.4, 0.5) is 5.95 Å². The summed E-state index contributed by atoms with van der Waals surface area (Å²) in [5.41, 5.74) is 1.14. The maximum atomic E-state index is 5.32. The van der Waals surface area contributed by atoms with Gasteiger partial charge in [0.2, 0.25) is 5.95 Å². The van der Waals surface area contributed by atoms with E-state index in [0.29, 0.717) is 0 Å². The van der Waals surface area contributed by atoms with Crippen molar-refractivity contribution in [2.45, 2.75) is 26.8 Å². The smallest absolute Gasteiger partial charge is 0.225 e. The molecular weight excluding hydrogens is 240 g/mol. The molecule has 5 nitrogen and oxygen atoms in total. The molecule has 1 aliphatic heterocycles. The molecule has 1 N–H and O–H groups in total. The predicted molar refractivity (Wildman–Crippen MR) is 76.2 cm³/mol. The first-order valence-corrected chi connectivity index (χ1v) is 7.10. The molecule has 1 aromatic rings. The lowest BCUT2D eigenvalue weighted by Gasteiger charge is -2.26. The Kier molecular flexibility index (Phi) is 5.54. The van der Waals surface area contributed by atoms with Crippen LogP contribution in [0.25, 0.3) is 0 Å². The second-order valence-corrected chi connectivity index (χ2v) is 5.35. The van der Waals surface area contributed by atoms with Crippen molar-refractivity contribution < 1.29 is 4.74 Å². The summed E-state index contributed by atoms with van der Waals surface area (Å²) in [6, 6.07) is 0. The summed E-state index contributed by atoms with van der Waals surface area (Å²) in [4.78, 5) is 11.0. The summed E-state index contributed by atoms with van der Waals surface area (Å²) in [6.07, 6.45) is 5.03. The Morgan fingerprint density at radius 3 is 2.58 bits per heavy atom. The molecule has 0 spiro atoms. The van der Waals surface area contributed by atoms with Crippen molar-refractivity contribution in [2.24, 2.45) is 5.92 Å². The first-order chi connectivity index (χ1) is 9.25. The molecule has 1 fully saturated rings. The number of nitrogens with one attached hydrogen (secondary N) is 1. The van der Waals surface area contributed by atoms with Crippen molar-refractivity contribution in [3.63, 3.8) is 0 Å². The molecule has 0 unspecified atom stereocenters. The van der Waals surface area contributed by atoms with Crippen molar-refractivity contribution >= 4 is 5.95 Å². The highest BCUT2D eigenvalue weighted by molar-refractivity contribution is 5.30. The van der Waals surface area contributed by atoms with Crippen LogP contribution in [0.3, 0.4) is 0 Å². The van der Waals surface area contributed by atoms with Gasteiger partial charge in [0, 0.05) is 37.6 Å². The Morgan fingerprint density at radius 2 is 1.95 bits per heavy atom. The SMILES string of the molecule is CC(C)CCNCc1cnc(N2CCOCC2)nc1. The summed E-state index contributed by atoms with van der Waals surface area (Å²) in [5, 5.41) is 3.42. The van der Waals surface area contributed by atoms with Gasteiger partial charge >= 0.3 is 0 Å². The zero-order valence-corrected chi connectivity index (χ0v) is 11.9. The van der Waals surface area contributed by atoms with Crippen molar-refractivity contribution in [2.75, 3.05) is 37.7 Å². The summed E-state index contributed by atoms with van der Waals surface area (Å²) < 4.78 is 5.32. The van der Waals surface area contributed by atoms with E-state index in [1.807, 2.05) is 12.4 Å². The number of hydrogen-bond donors (Lipinski definition) is 1. The monoisotopic (exact) mass is 264 g/mol. The minimum absolute atomic E-state index is 0.743. The van der Waals surface area contributed by atoms with Gasteiger partial charge in [0.1, 0.15) is 0 Å². The van der Waals surface area contributed by atoms with E-state index in [-0.39, 0.29) is 0 Å². The second kappa shape index (κ2) is 7.40.